The van der Waals surface area contributed by atoms with E-state index in [0.717, 1.165) is 12.1 Å². The molecule has 1 aromatic rings. The van der Waals surface area contributed by atoms with Crippen molar-refractivity contribution in [2.75, 3.05) is 13.1 Å². The molecule has 0 aromatic carbocycles. The Kier molecular flexibility index (Phi) is 3.71. The first-order valence-corrected chi connectivity index (χ1v) is 4.75. The average Bonchev–Trinajstić information content (AvgIpc) is 2.45. The summed E-state index contributed by atoms with van der Waals surface area (Å²) in [4.78, 5) is 14.1. The molecule has 0 saturated heterocycles. The minimum atomic E-state index is -0.102. The highest BCUT2D eigenvalue weighted by Crippen LogP contribution is 2.08. The molecule has 0 aliphatic carbocycles. The van der Waals surface area contributed by atoms with Crippen molar-refractivity contribution in [3.63, 3.8) is 0 Å². The third kappa shape index (κ3) is 2.88. The van der Waals surface area contributed by atoms with Gasteiger partial charge in [0, 0.05) is 17.9 Å². The molecule has 0 saturated carbocycles. The molecular weight excluding hydrogens is 178 g/mol. The summed E-state index contributed by atoms with van der Waals surface area (Å²) in [5.74, 6) is -0.102. The summed E-state index contributed by atoms with van der Waals surface area (Å²) in [5, 5.41) is 2.74. The molecule has 4 heteroatoms. The van der Waals surface area contributed by atoms with Gasteiger partial charge in [-0.05, 0) is 31.9 Å². The topological polar surface area (TPSA) is 70.9 Å². The van der Waals surface area contributed by atoms with Gasteiger partial charge in [0.1, 0.15) is 0 Å². The number of hydrogen-bond donors (Lipinski definition) is 3. The normalized spacial score (nSPS) is 10.2. The zero-order valence-electron chi connectivity index (χ0n) is 8.68. The predicted octanol–water partition coefficient (Wildman–Crippen LogP) is 0.249. The molecule has 0 bridgehead atoms. The van der Waals surface area contributed by atoms with E-state index in [9.17, 15) is 4.79 Å². The van der Waals surface area contributed by atoms with E-state index in [1.807, 2.05) is 13.8 Å². The molecule has 0 spiro atoms. The molecule has 0 aliphatic heterocycles. The van der Waals surface area contributed by atoms with Crippen LogP contribution in [0.4, 0.5) is 0 Å². The minimum absolute atomic E-state index is 0.0607. The summed E-state index contributed by atoms with van der Waals surface area (Å²) >= 11 is 0. The van der Waals surface area contributed by atoms with Gasteiger partial charge in [-0.1, -0.05) is 0 Å². The molecule has 0 unspecified atom stereocenters. The fourth-order valence-electron chi connectivity index (χ4n) is 1.45. The second-order valence-electron chi connectivity index (χ2n) is 3.41. The molecular formula is C10H17N3O. The zero-order valence-corrected chi connectivity index (χ0v) is 8.68. The van der Waals surface area contributed by atoms with Gasteiger partial charge in [-0.2, -0.15) is 0 Å². The number of rotatable bonds is 4. The Balaban J connectivity index is 2.38. The number of nitrogens with one attached hydrogen (secondary N) is 2. The van der Waals surface area contributed by atoms with Crippen LogP contribution in [0.2, 0.25) is 0 Å². The lowest BCUT2D eigenvalue weighted by molar-refractivity contribution is -0.119. The molecule has 1 aromatic heterocycles. The van der Waals surface area contributed by atoms with Crippen molar-refractivity contribution in [1.82, 2.24) is 10.3 Å². The second kappa shape index (κ2) is 4.81. The molecule has 0 atom stereocenters. The van der Waals surface area contributed by atoms with E-state index in [1.54, 1.807) is 0 Å². The molecule has 4 nitrogen and oxygen atoms in total. The molecule has 0 radical (unpaired) electrons. The third-order valence-corrected chi connectivity index (χ3v) is 2.16. The number of carbonyl (C=O) groups is 1. The van der Waals surface area contributed by atoms with Crippen LogP contribution in [0.5, 0.6) is 0 Å². The van der Waals surface area contributed by atoms with Crippen LogP contribution in [0.15, 0.2) is 6.07 Å². The van der Waals surface area contributed by atoms with Crippen molar-refractivity contribution in [1.29, 1.82) is 0 Å². The number of amides is 1. The highest BCUT2D eigenvalue weighted by atomic mass is 16.1. The summed E-state index contributed by atoms with van der Waals surface area (Å²) in [7, 11) is 0. The van der Waals surface area contributed by atoms with E-state index in [2.05, 4.69) is 16.4 Å². The molecule has 0 fully saturated rings. The van der Waals surface area contributed by atoms with Gasteiger partial charge in [0.25, 0.3) is 0 Å². The lowest BCUT2D eigenvalue weighted by Gasteiger charge is -2.02. The molecule has 78 valence electrons. The predicted molar refractivity (Wildman–Crippen MR) is 56.0 cm³/mol. The lowest BCUT2D eigenvalue weighted by Crippen LogP contribution is -2.31. The van der Waals surface area contributed by atoms with E-state index >= 15 is 0 Å². The number of carbonyl (C=O) groups excluding carboxylic acids is 1. The van der Waals surface area contributed by atoms with Gasteiger partial charge in [-0.15, -0.1) is 0 Å². The van der Waals surface area contributed by atoms with Crippen LogP contribution in [-0.2, 0) is 11.2 Å². The Bertz CT molecular complexity index is 317. The van der Waals surface area contributed by atoms with Crippen molar-refractivity contribution in [2.45, 2.75) is 20.3 Å². The SMILES string of the molecule is Cc1cc(CCNC(=O)CN)c(C)[nH]1. The Morgan fingerprint density at radius 2 is 2.29 bits per heavy atom. The zero-order chi connectivity index (χ0) is 10.6. The van der Waals surface area contributed by atoms with Gasteiger partial charge in [0.05, 0.1) is 6.54 Å². The van der Waals surface area contributed by atoms with Crippen LogP contribution in [0, 0.1) is 13.8 Å². The molecule has 14 heavy (non-hydrogen) atoms. The van der Waals surface area contributed by atoms with Crippen molar-refractivity contribution >= 4 is 5.91 Å². The van der Waals surface area contributed by atoms with Crippen molar-refractivity contribution in [2.24, 2.45) is 5.73 Å². The van der Waals surface area contributed by atoms with Crippen molar-refractivity contribution in [3.05, 3.63) is 23.0 Å². The Labute approximate surface area is 83.9 Å². The molecule has 0 aliphatic rings. The Hall–Kier alpha value is -1.29. The Morgan fingerprint density at radius 3 is 2.79 bits per heavy atom. The Morgan fingerprint density at radius 1 is 1.57 bits per heavy atom. The van der Waals surface area contributed by atoms with E-state index in [4.69, 9.17) is 5.73 Å². The van der Waals surface area contributed by atoms with Gasteiger partial charge in [0.2, 0.25) is 5.91 Å². The monoisotopic (exact) mass is 195 g/mol. The summed E-state index contributed by atoms with van der Waals surface area (Å²) in [6, 6.07) is 2.10. The molecule has 1 heterocycles. The fourth-order valence-corrected chi connectivity index (χ4v) is 1.45. The molecule has 1 rings (SSSR count). The van der Waals surface area contributed by atoms with Crippen LogP contribution in [0.3, 0.4) is 0 Å². The van der Waals surface area contributed by atoms with Gasteiger partial charge in [-0.25, -0.2) is 0 Å². The quantitative estimate of drug-likeness (QED) is 0.644. The minimum Gasteiger partial charge on any atom is -0.362 e. The maximum Gasteiger partial charge on any atom is 0.233 e. The maximum atomic E-state index is 10.8. The van der Waals surface area contributed by atoms with Gasteiger partial charge < -0.3 is 16.0 Å². The van der Waals surface area contributed by atoms with E-state index < -0.39 is 0 Å². The first-order chi connectivity index (χ1) is 6.63. The van der Waals surface area contributed by atoms with Crippen LogP contribution < -0.4 is 11.1 Å². The standard InChI is InChI=1S/C10H17N3O/c1-7-5-9(8(2)13-7)3-4-12-10(14)6-11/h5,13H,3-4,6,11H2,1-2H3,(H,12,14). The van der Waals surface area contributed by atoms with Gasteiger partial charge >= 0.3 is 0 Å². The summed E-state index contributed by atoms with van der Waals surface area (Å²) in [6.45, 7) is 4.77. The summed E-state index contributed by atoms with van der Waals surface area (Å²) in [5.41, 5.74) is 8.74. The number of nitrogens with two attached hydrogens (primary N) is 1. The second-order valence-corrected chi connectivity index (χ2v) is 3.41. The highest BCUT2D eigenvalue weighted by Gasteiger charge is 2.02. The van der Waals surface area contributed by atoms with Gasteiger partial charge in [-0.3, -0.25) is 4.79 Å². The first-order valence-electron chi connectivity index (χ1n) is 4.75. The smallest absolute Gasteiger partial charge is 0.233 e. The van der Waals surface area contributed by atoms with Crippen LogP contribution in [0.25, 0.3) is 0 Å². The van der Waals surface area contributed by atoms with E-state index in [1.165, 1.54) is 11.3 Å². The van der Waals surface area contributed by atoms with E-state index in [-0.39, 0.29) is 12.5 Å². The average molecular weight is 195 g/mol. The van der Waals surface area contributed by atoms with Gasteiger partial charge in [0.15, 0.2) is 0 Å². The summed E-state index contributed by atoms with van der Waals surface area (Å²) < 4.78 is 0. The number of aryl methyl sites for hydroxylation is 2. The first kappa shape index (κ1) is 10.8. The number of H-pyrrole nitrogens is 1. The molecule has 4 N–H and O–H groups in total. The fraction of sp³-hybridized carbons (Fsp3) is 0.500. The summed E-state index contributed by atoms with van der Waals surface area (Å²) in [6.07, 6.45) is 0.849. The van der Waals surface area contributed by atoms with Crippen LogP contribution in [0.1, 0.15) is 17.0 Å². The number of aromatic nitrogens is 1. The van der Waals surface area contributed by atoms with Crippen molar-refractivity contribution < 1.29 is 4.79 Å². The van der Waals surface area contributed by atoms with Crippen LogP contribution in [-0.4, -0.2) is 24.0 Å². The lowest BCUT2D eigenvalue weighted by atomic mass is 10.2. The highest BCUT2D eigenvalue weighted by molar-refractivity contribution is 5.77. The maximum absolute atomic E-state index is 10.8. The van der Waals surface area contributed by atoms with Crippen LogP contribution >= 0.6 is 0 Å². The largest absolute Gasteiger partial charge is 0.362 e. The number of hydrogen-bond acceptors (Lipinski definition) is 2. The van der Waals surface area contributed by atoms with Crippen molar-refractivity contribution in [3.8, 4) is 0 Å². The third-order valence-electron chi connectivity index (χ3n) is 2.16. The number of aromatic amines is 1. The van der Waals surface area contributed by atoms with E-state index in [0.29, 0.717) is 6.54 Å². The molecule has 1 amide bonds.